The van der Waals surface area contributed by atoms with Crippen molar-refractivity contribution in [3.63, 3.8) is 0 Å². The third-order valence-electron chi connectivity index (χ3n) is 3.27. The van der Waals surface area contributed by atoms with E-state index in [1.807, 2.05) is 11.3 Å². The monoisotopic (exact) mass is 253 g/mol. The molecule has 2 rings (SSSR count). The first kappa shape index (κ1) is 13.1. The Bertz CT molecular complexity index is 367. The Morgan fingerprint density at radius 1 is 1.47 bits per heavy atom. The zero-order valence-electron chi connectivity index (χ0n) is 11.2. The van der Waals surface area contributed by atoms with Crippen LogP contribution in [0.3, 0.4) is 0 Å². The first-order valence-corrected chi connectivity index (χ1v) is 7.26. The fourth-order valence-corrected chi connectivity index (χ4v) is 3.31. The Kier molecular flexibility index (Phi) is 3.91. The second-order valence-corrected chi connectivity index (χ2v) is 6.89. The lowest BCUT2D eigenvalue weighted by Crippen LogP contribution is -2.39. The normalized spacial score (nSPS) is 25.4. The minimum absolute atomic E-state index is 0.192. The molecule has 2 heterocycles. The van der Waals surface area contributed by atoms with E-state index in [0.29, 0.717) is 12.0 Å². The number of ether oxygens (including phenoxy) is 1. The van der Waals surface area contributed by atoms with Gasteiger partial charge in [0.1, 0.15) is 0 Å². The first-order valence-electron chi connectivity index (χ1n) is 6.38. The van der Waals surface area contributed by atoms with Crippen LogP contribution in [0.5, 0.6) is 0 Å². The second-order valence-electron chi connectivity index (χ2n) is 5.94. The van der Waals surface area contributed by atoms with E-state index in [2.05, 4.69) is 44.5 Å². The molecule has 1 saturated heterocycles. The van der Waals surface area contributed by atoms with Gasteiger partial charge in [0, 0.05) is 29.5 Å². The van der Waals surface area contributed by atoms with Crippen molar-refractivity contribution in [2.45, 2.75) is 45.8 Å². The van der Waals surface area contributed by atoms with Crippen LogP contribution in [0.2, 0.25) is 0 Å². The van der Waals surface area contributed by atoms with Crippen molar-refractivity contribution in [2.75, 3.05) is 13.2 Å². The van der Waals surface area contributed by atoms with Crippen molar-refractivity contribution < 1.29 is 4.74 Å². The fourth-order valence-electron chi connectivity index (χ4n) is 2.25. The summed E-state index contributed by atoms with van der Waals surface area (Å²) in [5.74, 6) is 0.617. The Morgan fingerprint density at radius 2 is 2.24 bits per heavy atom. The molecule has 1 aliphatic rings. The zero-order chi connectivity index (χ0) is 12.5. The molecule has 2 nitrogen and oxygen atoms in total. The van der Waals surface area contributed by atoms with Crippen LogP contribution in [-0.2, 0) is 4.74 Å². The predicted molar refractivity (Wildman–Crippen MR) is 73.6 cm³/mol. The lowest BCUT2D eigenvalue weighted by atomic mass is 9.97. The summed E-state index contributed by atoms with van der Waals surface area (Å²) in [5.41, 5.74) is 1.57. The summed E-state index contributed by atoms with van der Waals surface area (Å²) >= 11 is 1.83. The van der Waals surface area contributed by atoms with E-state index in [1.54, 1.807) is 0 Å². The fraction of sp³-hybridized carbons (Fsp3) is 0.714. The third-order valence-corrected chi connectivity index (χ3v) is 4.35. The highest BCUT2D eigenvalue weighted by molar-refractivity contribution is 7.10. The van der Waals surface area contributed by atoms with E-state index >= 15 is 0 Å². The average Bonchev–Trinajstić information content (AvgIpc) is 2.81. The van der Waals surface area contributed by atoms with Gasteiger partial charge in [-0.2, -0.15) is 0 Å². The van der Waals surface area contributed by atoms with Crippen LogP contribution in [0.25, 0.3) is 0 Å². The van der Waals surface area contributed by atoms with Crippen LogP contribution in [-0.4, -0.2) is 18.7 Å². The molecule has 0 bridgehead atoms. The van der Waals surface area contributed by atoms with Crippen LogP contribution in [0.4, 0.5) is 0 Å². The summed E-state index contributed by atoms with van der Waals surface area (Å²) in [7, 11) is 0. The lowest BCUT2D eigenvalue weighted by Gasteiger charge is -2.25. The van der Waals surface area contributed by atoms with E-state index in [4.69, 9.17) is 4.74 Å². The highest BCUT2D eigenvalue weighted by atomic mass is 32.1. The molecular formula is C14H23NOS. The number of aryl methyl sites for hydroxylation is 1. The van der Waals surface area contributed by atoms with Gasteiger partial charge in [-0.15, -0.1) is 11.3 Å². The molecule has 1 N–H and O–H groups in total. The van der Waals surface area contributed by atoms with Crippen LogP contribution >= 0.6 is 11.3 Å². The van der Waals surface area contributed by atoms with Gasteiger partial charge in [-0.25, -0.2) is 0 Å². The van der Waals surface area contributed by atoms with E-state index in [-0.39, 0.29) is 5.54 Å². The number of hydrogen-bond donors (Lipinski definition) is 1. The van der Waals surface area contributed by atoms with Gasteiger partial charge in [-0.3, -0.25) is 0 Å². The summed E-state index contributed by atoms with van der Waals surface area (Å²) in [6.45, 7) is 10.8. The third kappa shape index (κ3) is 3.30. The standard InChI is InChI=1S/C14H23NOS/c1-10-6-8-17-13(10)12-11(5-7-16-12)9-15-14(2,3)4/h6,8,11-12,15H,5,7,9H2,1-4H3. The van der Waals surface area contributed by atoms with Gasteiger partial charge in [0.15, 0.2) is 0 Å². The molecule has 0 saturated carbocycles. The molecule has 1 aliphatic heterocycles. The van der Waals surface area contributed by atoms with Crippen molar-refractivity contribution >= 4 is 11.3 Å². The van der Waals surface area contributed by atoms with Gasteiger partial charge in [0.05, 0.1) is 6.10 Å². The van der Waals surface area contributed by atoms with Crippen molar-refractivity contribution in [3.8, 4) is 0 Å². The van der Waals surface area contributed by atoms with Crippen molar-refractivity contribution in [3.05, 3.63) is 21.9 Å². The maximum atomic E-state index is 5.93. The van der Waals surface area contributed by atoms with Gasteiger partial charge in [-0.05, 0) is 51.1 Å². The van der Waals surface area contributed by atoms with E-state index in [0.717, 1.165) is 13.2 Å². The minimum atomic E-state index is 0.192. The van der Waals surface area contributed by atoms with Crippen LogP contribution < -0.4 is 5.32 Å². The molecule has 1 fully saturated rings. The summed E-state index contributed by atoms with van der Waals surface area (Å²) in [6.07, 6.45) is 1.48. The maximum absolute atomic E-state index is 5.93. The molecular weight excluding hydrogens is 230 g/mol. The van der Waals surface area contributed by atoms with Crippen LogP contribution in [0.15, 0.2) is 11.4 Å². The Balaban J connectivity index is 2.01. The molecule has 0 aromatic carbocycles. The summed E-state index contributed by atoms with van der Waals surface area (Å²) in [4.78, 5) is 1.42. The molecule has 1 aromatic rings. The van der Waals surface area contributed by atoms with Gasteiger partial charge >= 0.3 is 0 Å². The maximum Gasteiger partial charge on any atom is 0.0960 e. The van der Waals surface area contributed by atoms with Crippen molar-refractivity contribution in [2.24, 2.45) is 5.92 Å². The molecule has 96 valence electrons. The Hall–Kier alpha value is -0.380. The molecule has 0 spiro atoms. The minimum Gasteiger partial charge on any atom is -0.372 e. The number of hydrogen-bond acceptors (Lipinski definition) is 3. The highest BCUT2D eigenvalue weighted by Crippen LogP contribution is 2.38. The van der Waals surface area contributed by atoms with Gasteiger partial charge < -0.3 is 10.1 Å². The molecule has 2 unspecified atom stereocenters. The second kappa shape index (κ2) is 5.09. The highest BCUT2D eigenvalue weighted by Gasteiger charge is 2.31. The van der Waals surface area contributed by atoms with Gasteiger partial charge in [0.25, 0.3) is 0 Å². The summed E-state index contributed by atoms with van der Waals surface area (Å²) < 4.78 is 5.93. The smallest absolute Gasteiger partial charge is 0.0960 e. The Labute approximate surface area is 108 Å². The van der Waals surface area contributed by atoms with E-state index < -0.39 is 0 Å². The summed E-state index contributed by atoms with van der Waals surface area (Å²) in [5, 5.41) is 5.77. The quantitative estimate of drug-likeness (QED) is 0.890. The topological polar surface area (TPSA) is 21.3 Å². The molecule has 17 heavy (non-hydrogen) atoms. The average molecular weight is 253 g/mol. The molecule has 0 radical (unpaired) electrons. The van der Waals surface area contributed by atoms with Gasteiger partial charge in [-0.1, -0.05) is 0 Å². The van der Waals surface area contributed by atoms with E-state index in [9.17, 15) is 0 Å². The Morgan fingerprint density at radius 3 is 2.82 bits per heavy atom. The molecule has 2 atom stereocenters. The molecule has 3 heteroatoms. The molecule has 0 aliphatic carbocycles. The van der Waals surface area contributed by atoms with Crippen molar-refractivity contribution in [1.82, 2.24) is 5.32 Å². The molecule has 0 amide bonds. The van der Waals surface area contributed by atoms with Gasteiger partial charge in [0.2, 0.25) is 0 Å². The first-order chi connectivity index (χ1) is 7.97. The largest absolute Gasteiger partial charge is 0.372 e. The summed E-state index contributed by atoms with van der Waals surface area (Å²) in [6, 6.07) is 2.19. The molecule has 1 aromatic heterocycles. The van der Waals surface area contributed by atoms with Crippen LogP contribution in [0, 0.1) is 12.8 Å². The zero-order valence-corrected chi connectivity index (χ0v) is 12.1. The number of nitrogens with one attached hydrogen (secondary N) is 1. The SMILES string of the molecule is Cc1ccsc1C1OCCC1CNC(C)(C)C. The number of thiophene rings is 1. The van der Waals surface area contributed by atoms with Crippen molar-refractivity contribution in [1.29, 1.82) is 0 Å². The van der Waals surface area contributed by atoms with Crippen LogP contribution in [0.1, 0.15) is 43.7 Å². The number of rotatable bonds is 3. The van der Waals surface area contributed by atoms with E-state index in [1.165, 1.54) is 16.9 Å². The predicted octanol–water partition coefficient (Wildman–Crippen LogP) is 3.52. The lowest BCUT2D eigenvalue weighted by molar-refractivity contribution is 0.0913.